The van der Waals surface area contributed by atoms with E-state index in [4.69, 9.17) is 5.73 Å². The number of amidine groups is 1. The topological polar surface area (TPSA) is 38.4 Å². The molecule has 1 heterocycles. The number of benzene rings is 1. The third-order valence-electron chi connectivity index (χ3n) is 2.69. The molecule has 2 N–H and O–H groups in total. The van der Waals surface area contributed by atoms with E-state index in [1.807, 2.05) is 30.3 Å². The van der Waals surface area contributed by atoms with Crippen LogP contribution in [0.25, 0.3) is 0 Å². The van der Waals surface area contributed by atoms with Crippen LogP contribution in [0.15, 0.2) is 41.4 Å². The molecule has 1 aromatic carbocycles. The van der Waals surface area contributed by atoms with Gasteiger partial charge in [0.2, 0.25) is 0 Å². The lowest BCUT2D eigenvalue weighted by Gasteiger charge is -1.99. The van der Waals surface area contributed by atoms with Crippen molar-refractivity contribution in [3.63, 3.8) is 0 Å². The maximum absolute atomic E-state index is 5.94. The van der Waals surface area contributed by atoms with Crippen LogP contribution >= 0.6 is 11.3 Å². The summed E-state index contributed by atoms with van der Waals surface area (Å²) in [5.74, 6) is 0.606. The van der Waals surface area contributed by atoms with E-state index in [0.29, 0.717) is 12.4 Å². The van der Waals surface area contributed by atoms with Crippen LogP contribution in [0.2, 0.25) is 0 Å². The molecule has 88 valence electrons. The van der Waals surface area contributed by atoms with Gasteiger partial charge in [-0.2, -0.15) is 0 Å². The van der Waals surface area contributed by atoms with Gasteiger partial charge in [-0.3, -0.25) is 4.99 Å². The predicted octanol–water partition coefficient (Wildman–Crippen LogP) is 3.27. The molecular formula is C14H16N2S. The van der Waals surface area contributed by atoms with Crippen molar-refractivity contribution >= 4 is 17.2 Å². The minimum atomic E-state index is 0.606. The summed E-state index contributed by atoms with van der Waals surface area (Å²) in [6.07, 6.45) is 0. The third-order valence-corrected chi connectivity index (χ3v) is 3.83. The Morgan fingerprint density at radius 3 is 2.53 bits per heavy atom. The predicted molar refractivity (Wildman–Crippen MR) is 74.7 cm³/mol. The Morgan fingerprint density at radius 2 is 1.94 bits per heavy atom. The van der Waals surface area contributed by atoms with Crippen LogP contribution in [0.1, 0.15) is 20.9 Å². The van der Waals surface area contributed by atoms with Crippen LogP contribution in [0, 0.1) is 13.8 Å². The molecule has 0 bridgehead atoms. The molecule has 2 rings (SSSR count). The second-order valence-corrected chi connectivity index (χ2v) is 5.36. The number of thiophene rings is 1. The van der Waals surface area contributed by atoms with Gasteiger partial charge >= 0.3 is 0 Å². The van der Waals surface area contributed by atoms with E-state index in [0.717, 1.165) is 5.56 Å². The highest BCUT2D eigenvalue weighted by Crippen LogP contribution is 2.21. The van der Waals surface area contributed by atoms with Crippen molar-refractivity contribution in [3.05, 3.63) is 57.3 Å². The Morgan fingerprint density at radius 1 is 1.24 bits per heavy atom. The molecule has 0 aliphatic heterocycles. The van der Waals surface area contributed by atoms with Crippen LogP contribution in [-0.2, 0) is 6.54 Å². The normalized spacial score (nSPS) is 11.8. The number of rotatable bonds is 3. The Balaban J connectivity index is 2.11. The number of aryl methyl sites for hydroxylation is 2. The van der Waals surface area contributed by atoms with Crippen molar-refractivity contribution in [2.75, 3.05) is 0 Å². The standard InChI is InChI=1S/C14H16N2S/c1-10-8-13(17-11(10)2)9-16-14(15)12-6-4-3-5-7-12/h3-8H,9H2,1-2H3,(H2,15,16). The molecule has 0 amide bonds. The van der Waals surface area contributed by atoms with E-state index >= 15 is 0 Å². The highest BCUT2D eigenvalue weighted by molar-refractivity contribution is 7.12. The summed E-state index contributed by atoms with van der Waals surface area (Å²) in [6.45, 7) is 4.92. The smallest absolute Gasteiger partial charge is 0.125 e. The van der Waals surface area contributed by atoms with Gasteiger partial charge in [0.25, 0.3) is 0 Å². The van der Waals surface area contributed by atoms with Crippen LogP contribution in [0.4, 0.5) is 0 Å². The highest BCUT2D eigenvalue weighted by atomic mass is 32.1. The zero-order valence-corrected chi connectivity index (χ0v) is 10.9. The molecular weight excluding hydrogens is 228 g/mol. The van der Waals surface area contributed by atoms with Crippen molar-refractivity contribution in [2.24, 2.45) is 10.7 Å². The fourth-order valence-electron chi connectivity index (χ4n) is 1.59. The number of hydrogen-bond donors (Lipinski definition) is 1. The minimum absolute atomic E-state index is 0.606. The molecule has 1 aromatic heterocycles. The van der Waals surface area contributed by atoms with E-state index in [1.165, 1.54) is 15.3 Å². The summed E-state index contributed by atoms with van der Waals surface area (Å²) in [7, 11) is 0. The van der Waals surface area contributed by atoms with Crippen molar-refractivity contribution in [2.45, 2.75) is 20.4 Å². The van der Waals surface area contributed by atoms with E-state index < -0.39 is 0 Å². The lowest BCUT2D eigenvalue weighted by atomic mass is 10.2. The zero-order valence-electron chi connectivity index (χ0n) is 10.1. The van der Waals surface area contributed by atoms with Gasteiger partial charge in [-0.15, -0.1) is 11.3 Å². The van der Waals surface area contributed by atoms with Gasteiger partial charge in [0.15, 0.2) is 0 Å². The first kappa shape index (κ1) is 11.9. The lowest BCUT2D eigenvalue weighted by molar-refractivity contribution is 1.09. The molecule has 0 aliphatic rings. The SMILES string of the molecule is Cc1cc(CN=C(N)c2ccccc2)sc1C. The Labute approximate surface area is 106 Å². The summed E-state index contributed by atoms with van der Waals surface area (Å²) >= 11 is 1.79. The van der Waals surface area contributed by atoms with E-state index in [2.05, 4.69) is 24.9 Å². The molecule has 0 saturated carbocycles. The molecule has 0 radical (unpaired) electrons. The second-order valence-electron chi connectivity index (χ2n) is 4.02. The molecule has 0 aliphatic carbocycles. The van der Waals surface area contributed by atoms with Gasteiger partial charge in [0, 0.05) is 15.3 Å². The Hall–Kier alpha value is -1.61. The minimum Gasteiger partial charge on any atom is -0.383 e. The number of aliphatic imine (C=N–C) groups is 1. The Bertz CT molecular complexity index is 507. The fraction of sp³-hybridized carbons (Fsp3) is 0.214. The molecule has 0 fully saturated rings. The van der Waals surface area contributed by atoms with Gasteiger partial charge in [0.05, 0.1) is 6.54 Å². The molecule has 0 spiro atoms. The van der Waals surface area contributed by atoms with Crippen molar-refractivity contribution in [1.82, 2.24) is 0 Å². The third kappa shape index (κ3) is 2.94. The van der Waals surface area contributed by atoms with Gasteiger partial charge in [-0.25, -0.2) is 0 Å². The molecule has 3 heteroatoms. The van der Waals surface area contributed by atoms with Crippen molar-refractivity contribution < 1.29 is 0 Å². The quantitative estimate of drug-likeness (QED) is 0.653. The summed E-state index contributed by atoms with van der Waals surface area (Å²) < 4.78 is 0. The van der Waals surface area contributed by atoms with Crippen LogP contribution in [-0.4, -0.2) is 5.84 Å². The van der Waals surface area contributed by atoms with Crippen LogP contribution in [0.3, 0.4) is 0 Å². The summed E-state index contributed by atoms with van der Waals surface area (Å²) in [6, 6.07) is 12.0. The molecule has 0 saturated heterocycles. The maximum atomic E-state index is 5.94. The van der Waals surface area contributed by atoms with E-state index in [-0.39, 0.29) is 0 Å². The first-order valence-corrected chi connectivity index (χ1v) is 6.39. The molecule has 0 atom stereocenters. The Kier molecular flexibility index (Phi) is 3.59. The average Bonchev–Trinajstić information content (AvgIpc) is 2.67. The first-order chi connectivity index (χ1) is 8.16. The summed E-state index contributed by atoms with van der Waals surface area (Å²) in [5, 5.41) is 0. The monoisotopic (exact) mass is 244 g/mol. The van der Waals surface area contributed by atoms with Crippen LogP contribution < -0.4 is 5.73 Å². The van der Waals surface area contributed by atoms with Gasteiger partial charge < -0.3 is 5.73 Å². The van der Waals surface area contributed by atoms with Gasteiger partial charge in [-0.05, 0) is 25.5 Å². The second kappa shape index (κ2) is 5.15. The molecule has 17 heavy (non-hydrogen) atoms. The van der Waals surface area contributed by atoms with Crippen molar-refractivity contribution in [1.29, 1.82) is 0 Å². The maximum Gasteiger partial charge on any atom is 0.125 e. The van der Waals surface area contributed by atoms with Gasteiger partial charge in [-0.1, -0.05) is 30.3 Å². The largest absolute Gasteiger partial charge is 0.383 e. The molecule has 0 unspecified atom stereocenters. The van der Waals surface area contributed by atoms with E-state index in [9.17, 15) is 0 Å². The average molecular weight is 244 g/mol. The molecule has 2 nitrogen and oxygen atoms in total. The van der Waals surface area contributed by atoms with Gasteiger partial charge in [0.1, 0.15) is 5.84 Å². The number of nitrogens with zero attached hydrogens (tertiary/aromatic N) is 1. The summed E-state index contributed by atoms with van der Waals surface area (Å²) in [5.41, 5.74) is 8.26. The first-order valence-electron chi connectivity index (χ1n) is 5.58. The van der Waals surface area contributed by atoms with E-state index in [1.54, 1.807) is 11.3 Å². The number of nitrogens with two attached hydrogens (primary N) is 1. The van der Waals surface area contributed by atoms with Crippen molar-refractivity contribution in [3.8, 4) is 0 Å². The summed E-state index contributed by atoms with van der Waals surface area (Å²) in [4.78, 5) is 7.04. The number of hydrogen-bond acceptors (Lipinski definition) is 2. The zero-order chi connectivity index (χ0) is 12.3. The lowest BCUT2D eigenvalue weighted by Crippen LogP contribution is -2.13. The highest BCUT2D eigenvalue weighted by Gasteiger charge is 2.01. The van der Waals surface area contributed by atoms with Crippen LogP contribution in [0.5, 0.6) is 0 Å². The fourth-order valence-corrected chi connectivity index (χ4v) is 2.57. The molecule has 2 aromatic rings.